The normalized spacial score (nSPS) is 22.4. The van der Waals surface area contributed by atoms with Crippen molar-refractivity contribution in [1.29, 1.82) is 0 Å². The lowest BCUT2D eigenvalue weighted by atomic mass is 10.1. The molecule has 2 aromatic carbocycles. The molecule has 6 heteroatoms. The van der Waals surface area contributed by atoms with Gasteiger partial charge in [-0.05, 0) is 29.8 Å². The summed E-state index contributed by atoms with van der Waals surface area (Å²) in [6.07, 6.45) is -0.183. The van der Waals surface area contributed by atoms with E-state index in [0.29, 0.717) is 24.4 Å². The number of halogens is 1. The molecule has 0 unspecified atom stereocenters. The number of ether oxygens (including phenoxy) is 2. The monoisotopic (exact) mass is 356 g/mol. The van der Waals surface area contributed by atoms with Gasteiger partial charge in [0.2, 0.25) is 0 Å². The number of nitrogens with zero attached hydrogens (tertiary/aromatic N) is 2. The third kappa shape index (κ3) is 3.01. The maximum atomic E-state index is 13.6. The largest absolute Gasteiger partial charge is 0.497 e. The number of hydrogen-bond donors (Lipinski definition) is 0. The fourth-order valence-corrected chi connectivity index (χ4v) is 3.75. The Morgan fingerprint density at radius 2 is 2.08 bits per heavy atom. The van der Waals surface area contributed by atoms with Crippen molar-refractivity contribution in [3.05, 3.63) is 59.4 Å². The second kappa shape index (κ2) is 6.61. The lowest BCUT2D eigenvalue weighted by molar-refractivity contribution is 0.0682. The first kappa shape index (κ1) is 16.8. The van der Waals surface area contributed by atoms with Gasteiger partial charge in [-0.2, -0.15) is 0 Å². The number of amides is 1. The van der Waals surface area contributed by atoms with E-state index in [1.54, 1.807) is 19.1 Å². The van der Waals surface area contributed by atoms with Gasteiger partial charge in [0.25, 0.3) is 5.91 Å². The Balaban J connectivity index is 1.55. The van der Waals surface area contributed by atoms with E-state index in [1.165, 1.54) is 18.2 Å². The van der Waals surface area contributed by atoms with Crippen molar-refractivity contribution in [2.45, 2.75) is 18.7 Å². The number of benzene rings is 2. The summed E-state index contributed by atoms with van der Waals surface area (Å²) < 4.78 is 24.9. The summed E-state index contributed by atoms with van der Waals surface area (Å²) in [5.74, 6) is 0.626. The minimum atomic E-state index is -0.399. The molecule has 4 rings (SSSR count). The molecule has 0 aliphatic carbocycles. The summed E-state index contributed by atoms with van der Waals surface area (Å²) in [7, 11) is 3.44. The first-order valence-corrected chi connectivity index (χ1v) is 8.64. The zero-order valence-electron chi connectivity index (χ0n) is 14.8. The van der Waals surface area contributed by atoms with Gasteiger partial charge in [0.05, 0.1) is 18.7 Å². The molecule has 136 valence electrons. The standard InChI is InChI=1S/C20H21FN2O3/c1-22-17-11-23(10-13-4-3-5-15(8-13)25-2)12-19(17)26-18-9-14(21)6-7-16(18)20(22)24/h3-9,17,19H,10-12H2,1-2H3/t17-,19+/m1/s1. The summed E-state index contributed by atoms with van der Waals surface area (Å²) in [5, 5.41) is 0. The number of carbonyl (C=O) groups is 1. The lowest BCUT2D eigenvalue weighted by Gasteiger charge is -2.25. The quantitative estimate of drug-likeness (QED) is 0.848. The molecule has 0 bridgehead atoms. The number of fused-ring (bicyclic) bond motifs is 2. The summed E-state index contributed by atoms with van der Waals surface area (Å²) in [4.78, 5) is 16.7. The van der Waals surface area contributed by atoms with Crippen molar-refractivity contribution < 1.29 is 18.7 Å². The van der Waals surface area contributed by atoms with Gasteiger partial charge in [-0.15, -0.1) is 0 Å². The van der Waals surface area contributed by atoms with E-state index in [4.69, 9.17) is 9.47 Å². The Bertz CT molecular complexity index is 842. The van der Waals surface area contributed by atoms with Crippen LogP contribution in [0.1, 0.15) is 15.9 Å². The third-order valence-corrected chi connectivity index (χ3v) is 5.12. The van der Waals surface area contributed by atoms with Crippen molar-refractivity contribution in [3.63, 3.8) is 0 Å². The topological polar surface area (TPSA) is 42.0 Å². The van der Waals surface area contributed by atoms with Gasteiger partial charge < -0.3 is 14.4 Å². The van der Waals surface area contributed by atoms with E-state index in [2.05, 4.69) is 11.0 Å². The van der Waals surface area contributed by atoms with Crippen molar-refractivity contribution >= 4 is 5.91 Å². The maximum Gasteiger partial charge on any atom is 0.257 e. The highest BCUT2D eigenvalue weighted by atomic mass is 19.1. The van der Waals surface area contributed by atoms with Gasteiger partial charge in [0.1, 0.15) is 23.4 Å². The molecule has 2 aromatic rings. The summed E-state index contributed by atoms with van der Waals surface area (Å²) in [5.41, 5.74) is 1.56. The molecule has 2 aliphatic heterocycles. The van der Waals surface area contributed by atoms with Crippen LogP contribution in [0.2, 0.25) is 0 Å². The molecule has 0 aromatic heterocycles. The fraction of sp³-hybridized carbons (Fsp3) is 0.350. The predicted octanol–water partition coefficient (Wildman–Crippen LogP) is 2.55. The van der Waals surface area contributed by atoms with Crippen molar-refractivity contribution in [2.24, 2.45) is 0 Å². The van der Waals surface area contributed by atoms with Crippen molar-refractivity contribution in [3.8, 4) is 11.5 Å². The van der Waals surface area contributed by atoms with Crippen LogP contribution in [0.4, 0.5) is 4.39 Å². The van der Waals surface area contributed by atoms with Crippen LogP contribution in [0.3, 0.4) is 0 Å². The van der Waals surface area contributed by atoms with Crippen LogP contribution in [0.25, 0.3) is 0 Å². The van der Waals surface area contributed by atoms with Crippen LogP contribution < -0.4 is 9.47 Å². The molecule has 0 spiro atoms. The highest BCUT2D eigenvalue weighted by molar-refractivity contribution is 5.97. The average molecular weight is 356 g/mol. The van der Waals surface area contributed by atoms with Crippen LogP contribution in [0, 0.1) is 5.82 Å². The van der Waals surface area contributed by atoms with Gasteiger partial charge in [-0.25, -0.2) is 4.39 Å². The van der Waals surface area contributed by atoms with Gasteiger partial charge in [0, 0.05) is 32.7 Å². The predicted molar refractivity (Wildman–Crippen MR) is 95.0 cm³/mol. The smallest absolute Gasteiger partial charge is 0.257 e. The number of rotatable bonds is 3. The summed E-state index contributed by atoms with van der Waals surface area (Å²) in [6, 6.07) is 12.0. The van der Waals surface area contributed by atoms with Crippen LogP contribution in [0.15, 0.2) is 42.5 Å². The second-order valence-electron chi connectivity index (χ2n) is 6.83. The van der Waals surface area contributed by atoms with E-state index in [0.717, 1.165) is 17.9 Å². The molecule has 2 aliphatic rings. The van der Waals surface area contributed by atoms with Crippen molar-refractivity contribution in [2.75, 3.05) is 27.2 Å². The van der Waals surface area contributed by atoms with Gasteiger partial charge in [-0.1, -0.05) is 12.1 Å². The minimum Gasteiger partial charge on any atom is -0.497 e. The zero-order valence-corrected chi connectivity index (χ0v) is 14.8. The molecule has 2 heterocycles. The number of carbonyl (C=O) groups excluding carboxylic acids is 1. The van der Waals surface area contributed by atoms with E-state index >= 15 is 0 Å². The van der Waals surface area contributed by atoms with Gasteiger partial charge in [-0.3, -0.25) is 9.69 Å². The third-order valence-electron chi connectivity index (χ3n) is 5.12. The Hall–Kier alpha value is -2.60. The van der Waals surface area contributed by atoms with E-state index < -0.39 is 5.82 Å². The molecule has 2 atom stereocenters. The molecule has 0 radical (unpaired) electrons. The Morgan fingerprint density at radius 3 is 2.88 bits per heavy atom. The zero-order chi connectivity index (χ0) is 18.3. The second-order valence-corrected chi connectivity index (χ2v) is 6.83. The maximum absolute atomic E-state index is 13.6. The average Bonchev–Trinajstić information content (AvgIpc) is 2.99. The van der Waals surface area contributed by atoms with E-state index in [-0.39, 0.29) is 18.1 Å². The molecule has 0 N–H and O–H groups in total. The van der Waals surface area contributed by atoms with Gasteiger partial charge in [0.15, 0.2) is 0 Å². The number of likely N-dealkylation sites (N-methyl/N-ethyl adjacent to an activating group) is 1. The van der Waals surface area contributed by atoms with Crippen molar-refractivity contribution in [1.82, 2.24) is 9.80 Å². The first-order chi connectivity index (χ1) is 12.5. The molecule has 1 amide bonds. The SMILES string of the molecule is COc1cccc(CN2C[C@@H]3Oc4cc(F)ccc4C(=O)N(C)[C@@H]3C2)c1. The lowest BCUT2D eigenvalue weighted by Crippen LogP contribution is -2.44. The summed E-state index contributed by atoms with van der Waals surface area (Å²) in [6.45, 7) is 2.13. The van der Waals surface area contributed by atoms with Crippen LogP contribution in [-0.2, 0) is 6.54 Å². The van der Waals surface area contributed by atoms with E-state index in [9.17, 15) is 9.18 Å². The molecule has 0 saturated carbocycles. The Morgan fingerprint density at radius 1 is 1.23 bits per heavy atom. The van der Waals surface area contributed by atoms with E-state index in [1.807, 2.05) is 18.2 Å². The van der Waals surface area contributed by atoms with Crippen LogP contribution >= 0.6 is 0 Å². The first-order valence-electron chi connectivity index (χ1n) is 8.64. The fourth-order valence-electron chi connectivity index (χ4n) is 3.75. The Kier molecular flexibility index (Phi) is 4.28. The highest BCUT2D eigenvalue weighted by Gasteiger charge is 2.42. The molecule has 1 saturated heterocycles. The summed E-state index contributed by atoms with van der Waals surface area (Å²) >= 11 is 0. The molecule has 26 heavy (non-hydrogen) atoms. The van der Waals surface area contributed by atoms with Crippen LogP contribution in [0.5, 0.6) is 11.5 Å². The highest BCUT2D eigenvalue weighted by Crippen LogP contribution is 2.31. The molecule has 5 nitrogen and oxygen atoms in total. The minimum absolute atomic E-state index is 0.0661. The Labute approximate surface area is 151 Å². The number of methoxy groups -OCH3 is 1. The molecular weight excluding hydrogens is 335 g/mol. The number of hydrogen-bond acceptors (Lipinski definition) is 4. The van der Waals surface area contributed by atoms with Crippen LogP contribution in [-0.4, -0.2) is 55.1 Å². The van der Waals surface area contributed by atoms with Gasteiger partial charge >= 0.3 is 0 Å². The molecule has 1 fully saturated rings. The molecular formula is C20H21FN2O3. The number of likely N-dealkylation sites (tertiary alicyclic amines) is 1.